The van der Waals surface area contributed by atoms with Crippen molar-refractivity contribution in [2.24, 2.45) is 5.41 Å². The van der Waals surface area contributed by atoms with E-state index in [0.717, 1.165) is 0 Å². The predicted molar refractivity (Wildman–Crippen MR) is 72.5 cm³/mol. The number of H-pyrrole nitrogens is 2. The fraction of sp³-hybridized carbons (Fsp3) is 0.364. The second-order valence-electron chi connectivity index (χ2n) is 5.00. The van der Waals surface area contributed by atoms with E-state index in [-0.39, 0.29) is 17.4 Å². The van der Waals surface area contributed by atoms with Gasteiger partial charge in [0.2, 0.25) is 11.9 Å². The van der Waals surface area contributed by atoms with Crippen molar-refractivity contribution in [3.63, 3.8) is 0 Å². The lowest BCUT2D eigenvalue weighted by Gasteiger charge is -2.16. The zero-order valence-corrected chi connectivity index (χ0v) is 11.8. The van der Waals surface area contributed by atoms with Crippen molar-refractivity contribution < 1.29 is 4.79 Å². The molecule has 0 aliphatic carbocycles. The topological polar surface area (TPSA) is 90.6 Å². The summed E-state index contributed by atoms with van der Waals surface area (Å²) < 4.78 is 0.662. The highest BCUT2D eigenvalue weighted by Gasteiger charge is 2.22. The molecule has 18 heavy (non-hydrogen) atoms. The summed E-state index contributed by atoms with van der Waals surface area (Å²) in [5.41, 5.74) is -0.426. The van der Waals surface area contributed by atoms with Gasteiger partial charge in [0.1, 0.15) is 5.65 Å². The molecule has 0 atom stereocenters. The molecule has 7 heteroatoms. The molecular formula is C11H13BrN4O2. The molecule has 2 aromatic rings. The van der Waals surface area contributed by atoms with Gasteiger partial charge in [0, 0.05) is 5.41 Å². The van der Waals surface area contributed by atoms with E-state index in [1.165, 1.54) is 0 Å². The third-order valence-corrected chi connectivity index (χ3v) is 2.80. The SMILES string of the molecule is CC(C)(C)C(=O)Nc1nc2[nH]c(Br)cc2c(=O)[nH]1. The van der Waals surface area contributed by atoms with E-state index >= 15 is 0 Å². The summed E-state index contributed by atoms with van der Waals surface area (Å²) in [4.78, 5) is 33.1. The number of aromatic amines is 2. The van der Waals surface area contributed by atoms with Crippen LogP contribution in [0.15, 0.2) is 15.5 Å². The number of rotatable bonds is 1. The Kier molecular flexibility index (Phi) is 3.02. The third kappa shape index (κ3) is 2.45. The summed E-state index contributed by atoms with van der Waals surface area (Å²) in [7, 11) is 0. The molecule has 0 fully saturated rings. The Labute approximate surface area is 111 Å². The van der Waals surface area contributed by atoms with Gasteiger partial charge in [-0.1, -0.05) is 20.8 Å². The van der Waals surface area contributed by atoms with Gasteiger partial charge in [-0.2, -0.15) is 4.98 Å². The Balaban J connectivity index is 2.41. The van der Waals surface area contributed by atoms with Crippen molar-refractivity contribution in [1.29, 1.82) is 0 Å². The van der Waals surface area contributed by atoms with Crippen LogP contribution in [0.5, 0.6) is 0 Å². The van der Waals surface area contributed by atoms with Crippen molar-refractivity contribution in [2.75, 3.05) is 5.32 Å². The minimum absolute atomic E-state index is 0.141. The smallest absolute Gasteiger partial charge is 0.261 e. The van der Waals surface area contributed by atoms with Crippen molar-refractivity contribution in [1.82, 2.24) is 15.0 Å². The zero-order valence-electron chi connectivity index (χ0n) is 10.2. The molecule has 0 unspecified atom stereocenters. The van der Waals surface area contributed by atoms with Crippen LogP contribution in [-0.2, 0) is 4.79 Å². The number of anilines is 1. The maximum atomic E-state index is 11.8. The monoisotopic (exact) mass is 312 g/mol. The highest BCUT2D eigenvalue weighted by atomic mass is 79.9. The fourth-order valence-electron chi connectivity index (χ4n) is 1.34. The predicted octanol–water partition coefficient (Wildman–Crippen LogP) is 2.00. The van der Waals surface area contributed by atoms with Gasteiger partial charge in [-0.3, -0.25) is 19.9 Å². The number of nitrogens with one attached hydrogen (secondary N) is 3. The second-order valence-corrected chi connectivity index (χ2v) is 5.85. The minimum atomic E-state index is -0.552. The molecule has 1 amide bonds. The number of amides is 1. The summed E-state index contributed by atoms with van der Waals surface area (Å²) in [5, 5.41) is 3.02. The summed E-state index contributed by atoms with van der Waals surface area (Å²) in [6.07, 6.45) is 0. The van der Waals surface area contributed by atoms with E-state index < -0.39 is 5.41 Å². The number of nitrogens with zero attached hydrogens (tertiary/aromatic N) is 1. The summed E-state index contributed by atoms with van der Waals surface area (Å²) in [6, 6.07) is 1.64. The Morgan fingerprint density at radius 3 is 2.67 bits per heavy atom. The zero-order chi connectivity index (χ0) is 13.5. The van der Waals surface area contributed by atoms with Crippen LogP contribution in [0, 0.1) is 5.41 Å². The lowest BCUT2D eigenvalue weighted by molar-refractivity contribution is -0.123. The summed E-state index contributed by atoms with van der Waals surface area (Å²) in [5.74, 6) is -0.0719. The quantitative estimate of drug-likeness (QED) is 0.752. The summed E-state index contributed by atoms with van der Waals surface area (Å²) >= 11 is 3.23. The largest absolute Gasteiger partial charge is 0.334 e. The molecule has 2 rings (SSSR count). The highest BCUT2D eigenvalue weighted by molar-refractivity contribution is 9.10. The number of hydrogen-bond donors (Lipinski definition) is 3. The number of carbonyl (C=O) groups excluding carboxylic acids is 1. The van der Waals surface area contributed by atoms with E-state index in [9.17, 15) is 9.59 Å². The van der Waals surface area contributed by atoms with E-state index in [2.05, 4.69) is 36.2 Å². The summed E-state index contributed by atoms with van der Waals surface area (Å²) in [6.45, 7) is 5.35. The van der Waals surface area contributed by atoms with Crippen LogP contribution in [0.1, 0.15) is 20.8 Å². The Morgan fingerprint density at radius 2 is 2.06 bits per heavy atom. The van der Waals surface area contributed by atoms with Gasteiger partial charge < -0.3 is 4.98 Å². The number of carbonyl (C=O) groups is 1. The molecule has 3 N–H and O–H groups in total. The lowest BCUT2D eigenvalue weighted by Crippen LogP contribution is -2.29. The lowest BCUT2D eigenvalue weighted by atomic mass is 9.96. The van der Waals surface area contributed by atoms with Crippen molar-refractivity contribution in [3.8, 4) is 0 Å². The van der Waals surface area contributed by atoms with Crippen LogP contribution in [0.3, 0.4) is 0 Å². The van der Waals surface area contributed by atoms with Crippen LogP contribution in [0.25, 0.3) is 11.0 Å². The van der Waals surface area contributed by atoms with Crippen molar-refractivity contribution >= 4 is 38.8 Å². The van der Waals surface area contributed by atoms with Gasteiger partial charge in [-0.25, -0.2) is 0 Å². The molecule has 6 nitrogen and oxygen atoms in total. The first-order valence-electron chi connectivity index (χ1n) is 5.37. The fourth-order valence-corrected chi connectivity index (χ4v) is 1.76. The van der Waals surface area contributed by atoms with Crippen LogP contribution in [0.4, 0.5) is 5.95 Å². The van der Waals surface area contributed by atoms with E-state index in [1.807, 2.05) is 0 Å². The van der Waals surface area contributed by atoms with Crippen LogP contribution >= 0.6 is 15.9 Å². The maximum absolute atomic E-state index is 11.8. The molecule has 0 aliphatic rings. The van der Waals surface area contributed by atoms with Gasteiger partial charge in [-0.05, 0) is 22.0 Å². The molecule has 96 valence electrons. The Morgan fingerprint density at radius 1 is 1.39 bits per heavy atom. The van der Waals surface area contributed by atoms with E-state index in [1.54, 1.807) is 26.8 Å². The van der Waals surface area contributed by atoms with E-state index in [4.69, 9.17) is 0 Å². The van der Waals surface area contributed by atoms with Gasteiger partial charge in [0.25, 0.3) is 5.56 Å². The maximum Gasteiger partial charge on any atom is 0.261 e. The van der Waals surface area contributed by atoms with Crippen LogP contribution < -0.4 is 10.9 Å². The molecule has 0 spiro atoms. The molecule has 0 saturated carbocycles. The number of halogens is 1. The van der Waals surface area contributed by atoms with Crippen LogP contribution in [-0.4, -0.2) is 20.9 Å². The molecule has 2 heterocycles. The minimum Gasteiger partial charge on any atom is -0.334 e. The second kappa shape index (κ2) is 4.24. The molecule has 0 aromatic carbocycles. The number of hydrogen-bond acceptors (Lipinski definition) is 3. The molecule has 0 aliphatic heterocycles. The third-order valence-electron chi connectivity index (χ3n) is 2.38. The molecular weight excluding hydrogens is 300 g/mol. The number of fused-ring (bicyclic) bond motifs is 1. The molecule has 0 saturated heterocycles. The molecule has 0 radical (unpaired) electrons. The first kappa shape index (κ1) is 12.8. The van der Waals surface area contributed by atoms with Gasteiger partial charge >= 0.3 is 0 Å². The van der Waals surface area contributed by atoms with Gasteiger partial charge in [0.05, 0.1) is 9.99 Å². The number of aromatic nitrogens is 3. The Hall–Kier alpha value is -1.63. The van der Waals surface area contributed by atoms with Gasteiger partial charge in [-0.15, -0.1) is 0 Å². The normalized spacial score (nSPS) is 11.8. The molecule has 0 bridgehead atoms. The van der Waals surface area contributed by atoms with Crippen molar-refractivity contribution in [3.05, 3.63) is 21.0 Å². The Bertz CT molecular complexity index is 666. The average molecular weight is 313 g/mol. The first-order chi connectivity index (χ1) is 8.27. The molecule has 2 aromatic heterocycles. The highest BCUT2D eigenvalue weighted by Crippen LogP contribution is 2.17. The first-order valence-corrected chi connectivity index (χ1v) is 6.16. The average Bonchev–Trinajstić information content (AvgIpc) is 2.57. The van der Waals surface area contributed by atoms with E-state index in [0.29, 0.717) is 15.6 Å². The van der Waals surface area contributed by atoms with Crippen molar-refractivity contribution in [2.45, 2.75) is 20.8 Å². The van der Waals surface area contributed by atoms with Crippen LogP contribution in [0.2, 0.25) is 0 Å². The standard InChI is InChI=1S/C11H13BrN4O2/c1-11(2,3)9(18)16-10-14-7-5(8(17)15-10)4-6(12)13-7/h4H,1-3H3,(H3,13,14,15,16,17,18). The van der Waals surface area contributed by atoms with Gasteiger partial charge in [0.15, 0.2) is 0 Å².